The van der Waals surface area contributed by atoms with Gasteiger partial charge in [-0.05, 0) is 45.0 Å². The molecule has 2 amide bonds. The van der Waals surface area contributed by atoms with Crippen molar-refractivity contribution in [3.63, 3.8) is 0 Å². The highest BCUT2D eigenvalue weighted by molar-refractivity contribution is 8.01. The number of benzene rings is 1. The van der Waals surface area contributed by atoms with Crippen LogP contribution in [-0.2, 0) is 14.4 Å². The van der Waals surface area contributed by atoms with Gasteiger partial charge in [0, 0.05) is 16.0 Å². The summed E-state index contributed by atoms with van der Waals surface area (Å²) in [5.41, 5.74) is 4.57. The lowest BCUT2D eigenvalue weighted by Crippen LogP contribution is -2.82. The van der Waals surface area contributed by atoms with E-state index in [9.17, 15) is 24.3 Å². The van der Waals surface area contributed by atoms with E-state index in [2.05, 4.69) is 5.32 Å². The lowest BCUT2D eigenvalue weighted by atomic mass is 9.81. The van der Waals surface area contributed by atoms with Crippen LogP contribution in [0.15, 0.2) is 24.3 Å². The largest absolute Gasteiger partial charge is 0.480 e. The number of rotatable bonds is 4. The van der Waals surface area contributed by atoms with Gasteiger partial charge in [0.05, 0.1) is 0 Å². The summed E-state index contributed by atoms with van der Waals surface area (Å²) in [6, 6.07) is 5.00. The lowest BCUT2D eigenvalue weighted by molar-refractivity contribution is -0.170. The van der Waals surface area contributed by atoms with Crippen molar-refractivity contribution in [3.8, 4) is 0 Å². The molecule has 8 nitrogen and oxygen atoms in total. The monoisotopic (exact) mass is 377 g/mol. The van der Waals surface area contributed by atoms with Gasteiger partial charge in [-0.1, -0.05) is 0 Å². The van der Waals surface area contributed by atoms with Crippen molar-refractivity contribution in [1.29, 1.82) is 0 Å². The number of carbonyl (C=O) groups is 4. The number of hydrogen-bond donors (Lipinski definition) is 3. The predicted octanol–water partition coefficient (Wildman–Crippen LogP) is 0.473. The number of anilines is 1. The Morgan fingerprint density at radius 2 is 1.81 bits per heavy atom. The van der Waals surface area contributed by atoms with Gasteiger partial charge in [0.25, 0.3) is 11.8 Å². The van der Waals surface area contributed by atoms with Gasteiger partial charge in [-0.2, -0.15) is 0 Å². The summed E-state index contributed by atoms with van der Waals surface area (Å²) in [6.45, 7) is 4.63. The number of hydrogen-bond acceptors (Lipinski definition) is 6. The topological polar surface area (TPSA) is 130 Å². The van der Waals surface area contributed by atoms with Gasteiger partial charge in [0.15, 0.2) is 5.78 Å². The Bertz CT molecular complexity index is 822. The Morgan fingerprint density at radius 3 is 2.31 bits per heavy atom. The van der Waals surface area contributed by atoms with E-state index >= 15 is 0 Å². The molecule has 3 atom stereocenters. The summed E-state index contributed by atoms with van der Waals surface area (Å²) in [6.07, 6.45) is 0. The van der Waals surface area contributed by atoms with Crippen molar-refractivity contribution in [3.05, 3.63) is 29.8 Å². The molecule has 0 aromatic heterocycles. The minimum absolute atomic E-state index is 0.253. The van der Waals surface area contributed by atoms with E-state index in [4.69, 9.17) is 5.73 Å². The summed E-state index contributed by atoms with van der Waals surface area (Å²) in [5.74, 6) is -2.95. The van der Waals surface area contributed by atoms with E-state index < -0.39 is 45.3 Å². The summed E-state index contributed by atoms with van der Waals surface area (Å²) in [4.78, 5) is 50.6. The molecule has 1 aromatic carbocycles. The van der Waals surface area contributed by atoms with E-state index in [1.807, 2.05) is 0 Å². The Labute approximate surface area is 154 Å². The number of aliphatic carboxylic acids is 1. The van der Waals surface area contributed by atoms with Gasteiger partial charge in [0.2, 0.25) is 5.54 Å². The first kappa shape index (κ1) is 18.2. The standard InChI is InChI=1S/C17H19N3O5S/c1-8(21)17(19-12(22)9-4-6-10(18)7-5-9)14(25)20-11(13(23)24)16(2,3)26-15(17)20/h4-7,11,15H,18H2,1-3H3,(H,19,22)(H,23,24)/t11-,15+,17?/m0/s1. The number of amides is 2. The molecule has 2 fully saturated rings. The molecule has 2 aliphatic heterocycles. The third-order valence-corrected chi connectivity index (χ3v) is 6.45. The molecule has 0 aliphatic carbocycles. The molecule has 1 unspecified atom stereocenters. The number of nitrogens with one attached hydrogen (secondary N) is 1. The van der Waals surface area contributed by atoms with Crippen LogP contribution >= 0.6 is 11.8 Å². The second kappa shape index (κ2) is 5.73. The molecule has 2 aliphatic rings. The maximum absolute atomic E-state index is 12.8. The fourth-order valence-corrected chi connectivity index (χ4v) is 5.23. The molecule has 2 saturated heterocycles. The zero-order chi connectivity index (χ0) is 19.4. The third-order valence-electron chi connectivity index (χ3n) is 4.82. The molecular weight excluding hydrogens is 358 g/mol. The summed E-state index contributed by atoms with van der Waals surface area (Å²) < 4.78 is -0.796. The number of fused-ring (bicyclic) bond motifs is 1. The van der Waals surface area contributed by atoms with Gasteiger partial charge >= 0.3 is 5.97 Å². The smallest absolute Gasteiger partial charge is 0.327 e. The first-order valence-corrected chi connectivity index (χ1v) is 8.83. The predicted molar refractivity (Wildman–Crippen MR) is 95.5 cm³/mol. The van der Waals surface area contributed by atoms with Crippen LogP contribution in [0, 0.1) is 0 Å². The maximum atomic E-state index is 12.8. The summed E-state index contributed by atoms with van der Waals surface area (Å²) >= 11 is 1.20. The number of β-lactam (4-membered cyclic amide) rings is 1. The van der Waals surface area contributed by atoms with Crippen LogP contribution in [0.5, 0.6) is 0 Å². The maximum Gasteiger partial charge on any atom is 0.327 e. The van der Waals surface area contributed by atoms with Crippen LogP contribution in [0.3, 0.4) is 0 Å². The highest BCUT2D eigenvalue weighted by Gasteiger charge is 2.74. The number of carboxylic acids is 1. The summed E-state index contributed by atoms with van der Waals surface area (Å²) in [7, 11) is 0. The zero-order valence-electron chi connectivity index (χ0n) is 14.5. The van der Waals surface area contributed by atoms with Gasteiger partial charge in [-0.3, -0.25) is 14.4 Å². The number of carbonyl (C=O) groups excluding carboxylic acids is 3. The number of carboxylic acid groups (broad SMARTS) is 1. The normalized spacial score (nSPS) is 28.9. The van der Waals surface area contributed by atoms with Crippen molar-refractivity contribution in [2.24, 2.45) is 0 Å². The van der Waals surface area contributed by atoms with Crippen molar-refractivity contribution < 1.29 is 24.3 Å². The Hall–Kier alpha value is -2.55. The van der Waals surface area contributed by atoms with E-state index in [1.54, 1.807) is 13.8 Å². The molecule has 138 valence electrons. The average molecular weight is 377 g/mol. The molecular formula is C17H19N3O5S. The number of nitrogen functional groups attached to an aromatic ring is 1. The molecule has 9 heteroatoms. The second-order valence-electron chi connectivity index (χ2n) is 6.97. The highest BCUT2D eigenvalue weighted by atomic mass is 32.2. The van der Waals surface area contributed by atoms with E-state index in [1.165, 1.54) is 47.9 Å². The molecule has 26 heavy (non-hydrogen) atoms. The first-order chi connectivity index (χ1) is 12.0. The molecule has 0 radical (unpaired) electrons. The summed E-state index contributed by atoms with van der Waals surface area (Å²) in [5, 5.41) is 11.3. The minimum atomic E-state index is -1.76. The second-order valence-corrected chi connectivity index (χ2v) is 8.70. The van der Waals surface area contributed by atoms with E-state index in [-0.39, 0.29) is 5.56 Å². The molecule has 0 bridgehead atoms. The van der Waals surface area contributed by atoms with Crippen LogP contribution in [0.1, 0.15) is 31.1 Å². The molecule has 2 heterocycles. The van der Waals surface area contributed by atoms with Crippen LogP contribution in [0.4, 0.5) is 5.69 Å². The molecule has 0 saturated carbocycles. The van der Waals surface area contributed by atoms with Crippen molar-refractivity contribution in [2.75, 3.05) is 5.73 Å². The fourth-order valence-electron chi connectivity index (χ4n) is 3.47. The lowest BCUT2D eigenvalue weighted by Gasteiger charge is -2.51. The minimum Gasteiger partial charge on any atom is -0.480 e. The number of Topliss-reactive ketones (excluding diaryl/α,β-unsaturated/α-hetero) is 1. The van der Waals surface area contributed by atoms with Gasteiger partial charge < -0.3 is 21.1 Å². The SMILES string of the molecule is CC(=O)C1(NC(=O)c2ccc(N)cc2)C(=O)N2[C@@H](C(=O)O)C(C)(C)S[C@@H]21. The zero-order valence-corrected chi connectivity index (χ0v) is 15.3. The Morgan fingerprint density at radius 1 is 1.23 bits per heavy atom. The fraction of sp³-hybridized carbons (Fsp3) is 0.412. The van der Waals surface area contributed by atoms with Crippen molar-refractivity contribution in [2.45, 2.75) is 42.5 Å². The molecule has 3 rings (SSSR count). The van der Waals surface area contributed by atoms with Crippen LogP contribution < -0.4 is 11.1 Å². The van der Waals surface area contributed by atoms with Gasteiger partial charge in [-0.25, -0.2) is 4.79 Å². The molecule has 4 N–H and O–H groups in total. The van der Waals surface area contributed by atoms with Crippen molar-refractivity contribution in [1.82, 2.24) is 10.2 Å². The van der Waals surface area contributed by atoms with Crippen LogP contribution in [-0.4, -0.2) is 55.3 Å². The Kier molecular flexibility index (Phi) is 4.02. The highest BCUT2D eigenvalue weighted by Crippen LogP contribution is 2.55. The van der Waals surface area contributed by atoms with Crippen LogP contribution in [0.25, 0.3) is 0 Å². The third kappa shape index (κ3) is 2.38. The Balaban J connectivity index is 1.94. The molecule has 1 aromatic rings. The van der Waals surface area contributed by atoms with Crippen molar-refractivity contribution >= 4 is 41.0 Å². The van der Waals surface area contributed by atoms with E-state index in [0.29, 0.717) is 5.69 Å². The molecule has 0 spiro atoms. The van der Waals surface area contributed by atoms with E-state index in [0.717, 1.165) is 0 Å². The number of ketones is 1. The average Bonchev–Trinajstić information content (AvgIpc) is 2.81. The quantitative estimate of drug-likeness (QED) is 0.395. The number of nitrogens with zero attached hydrogens (tertiary/aromatic N) is 1. The van der Waals surface area contributed by atoms with Crippen LogP contribution in [0.2, 0.25) is 0 Å². The van der Waals surface area contributed by atoms with Gasteiger partial charge in [-0.15, -0.1) is 11.8 Å². The number of thioether (sulfide) groups is 1. The first-order valence-electron chi connectivity index (χ1n) is 7.95. The number of nitrogens with two attached hydrogens (primary N) is 1. The van der Waals surface area contributed by atoms with Gasteiger partial charge in [0.1, 0.15) is 11.4 Å².